The fourth-order valence-electron chi connectivity index (χ4n) is 2.60. The molecule has 4 heteroatoms. The van der Waals surface area contributed by atoms with Gasteiger partial charge in [0.25, 0.3) is 0 Å². The predicted octanol–water partition coefficient (Wildman–Crippen LogP) is 0.990. The molecule has 0 bridgehead atoms. The summed E-state index contributed by atoms with van der Waals surface area (Å²) in [5, 5.41) is 12.9. The van der Waals surface area contributed by atoms with Crippen LogP contribution in [0.3, 0.4) is 0 Å². The van der Waals surface area contributed by atoms with Crippen molar-refractivity contribution in [3.05, 3.63) is 0 Å². The van der Waals surface area contributed by atoms with E-state index < -0.39 is 0 Å². The van der Waals surface area contributed by atoms with Gasteiger partial charge < -0.3 is 20.1 Å². The SMILES string of the molecule is CCN(CCC(CO)NC1CC1)CC1CCCO1. The number of nitrogens with zero attached hydrogens (tertiary/aromatic N) is 1. The van der Waals surface area contributed by atoms with Crippen LogP contribution in [0.1, 0.15) is 39.0 Å². The predicted molar refractivity (Wildman–Crippen MR) is 72.7 cm³/mol. The van der Waals surface area contributed by atoms with Crippen LogP contribution >= 0.6 is 0 Å². The molecular weight excluding hydrogens is 228 g/mol. The van der Waals surface area contributed by atoms with Gasteiger partial charge in [0.15, 0.2) is 0 Å². The molecule has 2 rings (SSSR count). The molecule has 106 valence electrons. The highest BCUT2D eigenvalue weighted by Gasteiger charge is 2.25. The van der Waals surface area contributed by atoms with E-state index in [2.05, 4.69) is 17.1 Å². The molecule has 0 aromatic heterocycles. The molecule has 0 aromatic carbocycles. The first-order chi connectivity index (χ1) is 8.81. The van der Waals surface area contributed by atoms with Crippen molar-refractivity contribution in [2.24, 2.45) is 0 Å². The Balaban J connectivity index is 1.64. The maximum absolute atomic E-state index is 9.37. The van der Waals surface area contributed by atoms with Gasteiger partial charge in [0, 0.05) is 25.2 Å². The van der Waals surface area contributed by atoms with Gasteiger partial charge in [0.05, 0.1) is 12.7 Å². The Bertz CT molecular complexity index is 228. The van der Waals surface area contributed by atoms with E-state index in [9.17, 15) is 5.11 Å². The molecule has 1 aliphatic heterocycles. The Morgan fingerprint density at radius 2 is 2.22 bits per heavy atom. The van der Waals surface area contributed by atoms with Crippen molar-refractivity contribution in [2.75, 3.05) is 32.8 Å². The average Bonchev–Trinajstić information content (AvgIpc) is 3.06. The molecule has 18 heavy (non-hydrogen) atoms. The second-order valence-corrected chi connectivity index (χ2v) is 5.64. The summed E-state index contributed by atoms with van der Waals surface area (Å²) in [5.41, 5.74) is 0. The van der Waals surface area contributed by atoms with Gasteiger partial charge in [-0.15, -0.1) is 0 Å². The zero-order valence-electron chi connectivity index (χ0n) is 11.6. The summed E-state index contributed by atoms with van der Waals surface area (Å²) in [6, 6.07) is 0.950. The smallest absolute Gasteiger partial charge is 0.0702 e. The van der Waals surface area contributed by atoms with E-state index in [0.29, 0.717) is 12.1 Å². The molecule has 1 aliphatic carbocycles. The van der Waals surface area contributed by atoms with Crippen LogP contribution in [0.15, 0.2) is 0 Å². The summed E-state index contributed by atoms with van der Waals surface area (Å²) in [4.78, 5) is 2.45. The van der Waals surface area contributed by atoms with Gasteiger partial charge in [-0.1, -0.05) is 6.92 Å². The van der Waals surface area contributed by atoms with Crippen LogP contribution in [0.4, 0.5) is 0 Å². The Kier molecular flexibility index (Phi) is 5.89. The van der Waals surface area contributed by atoms with E-state index in [1.807, 2.05) is 0 Å². The van der Waals surface area contributed by atoms with Crippen molar-refractivity contribution in [1.82, 2.24) is 10.2 Å². The van der Waals surface area contributed by atoms with Crippen molar-refractivity contribution < 1.29 is 9.84 Å². The van der Waals surface area contributed by atoms with Gasteiger partial charge in [-0.3, -0.25) is 0 Å². The highest BCUT2D eigenvalue weighted by Crippen LogP contribution is 2.20. The Hall–Kier alpha value is -0.160. The van der Waals surface area contributed by atoms with Gasteiger partial charge in [-0.05, 0) is 45.2 Å². The number of hydrogen-bond acceptors (Lipinski definition) is 4. The van der Waals surface area contributed by atoms with Crippen LogP contribution < -0.4 is 5.32 Å². The summed E-state index contributed by atoms with van der Waals surface area (Å²) >= 11 is 0. The molecule has 1 heterocycles. The van der Waals surface area contributed by atoms with Crippen LogP contribution in [0.25, 0.3) is 0 Å². The quantitative estimate of drug-likeness (QED) is 0.646. The number of ether oxygens (including phenoxy) is 1. The van der Waals surface area contributed by atoms with Gasteiger partial charge in [-0.2, -0.15) is 0 Å². The number of nitrogens with one attached hydrogen (secondary N) is 1. The highest BCUT2D eigenvalue weighted by molar-refractivity contribution is 4.85. The number of aliphatic hydroxyl groups excluding tert-OH is 1. The lowest BCUT2D eigenvalue weighted by atomic mass is 10.2. The Labute approximate surface area is 111 Å². The summed E-state index contributed by atoms with van der Waals surface area (Å²) < 4.78 is 5.69. The Morgan fingerprint density at radius 3 is 2.78 bits per heavy atom. The first kappa shape index (κ1) is 14.3. The van der Waals surface area contributed by atoms with Crippen molar-refractivity contribution in [2.45, 2.75) is 57.2 Å². The summed E-state index contributed by atoms with van der Waals surface area (Å²) in [6.07, 6.45) is 6.46. The first-order valence-electron chi connectivity index (χ1n) is 7.52. The van der Waals surface area contributed by atoms with Crippen LogP contribution in [0, 0.1) is 0 Å². The van der Waals surface area contributed by atoms with E-state index in [1.54, 1.807) is 0 Å². The Morgan fingerprint density at radius 1 is 1.39 bits per heavy atom. The highest BCUT2D eigenvalue weighted by atomic mass is 16.5. The third-order valence-electron chi connectivity index (χ3n) is 4.00. The zero-order chi connectivity index (χ0) is 12.8. The molecule has 4 nitrogen and oxygen atoms in total. The molecule has 2 aliphatic rings. The second kappa shape index (κ2) is 7.43. The van der Waals surface area contributed by atoms with E-state index in [1.165, 1.54) is 25.7 Å². The van der Waals surface area contributed by atoms with E-state index >= 15 is 0 Å². The normalized spacial score (nSPS) is 25.8. The van der Waals surface area contributed by atoms with Gasteiger partial charge in [0.1, 0.15) is 0 Å². The number of aliphatic hydroxyl groups is 1. The minimum absolute atomic E-state index is 0.258. The van der Waals surface area contributed by atoms with Crippen molar-refractivity contribution in [3.8, 4) is 0 Å². The summed E-state index contributed by atoms with van der Waals surface area (Å²) in [5.74, 6) is 0. The molecule has 2 unspecified atom stereocenters. The number of rotatable bonds is 9. The fraction of sp³-hybridized carbons (Fsp3) is 1.00. The first-order valence-corrected chi connectivity index (χ1v) is 7.52. The third-order valence-corrected chi connectivity index (χ3v) is 4.00. The van der Waals surface area contributed by atoms with Crippen LogP contribution in [0.2, 0.25) is 0 Å². The zero-order valence-corrected chi connectivity index (χ0v) is 11.6. The largest absolute Gasteiger partial charge is 0.395 e. The van der Waals surface area contributed by atoms with Crippen molar-refractivity contribution in [1.29, 1.82) is 0 Å². The molecule has 2 fully saturated rings. The minimum atomic E-state index is 0.258. The minimum Gasteiger partial charge on any atom is -0.395 e. The molecule has 1 saturated heterocycles. The maximum atomic E-state index is 9.37. The van der Waals surface area contributed by atoms with Crippen molar-refractivity contribution >= 4 is 0 Å². The molecule has 0 amide bonds. The lowest BCUT2D eigenvalue weighted by Crippen LogP contribution is -2.39. The second-order valence-electron chi connectivity index (χ2n) is 5.64. The maximum Gasteiger partial charge on any atom is 0.0702 e. The fourth-order valence-corrected chi connectivity index (χ4v) is 2.60. The molecular formula is C14H28N2O2. The molecule has 0 spiro atoms. The van der Waals surface area contributed by atoms with Gasteiger partial charge >= 0.3 is 0 Å². The topological polar surface area (TPSA) is 44.7 Å². The molecule has 0 radical (unpaired) electrons. The van der Waals surface area contributed by atoms with Crippen molar-refractivity contribution in [3.63, 3.8) is 0 Å². The summed E-state index contributed by atoms with van der Waals surface area (Å²) in [6.45, 7) is 6.58. The molecule has 1 saturated carbocycles. The monoisotopic (exact) mass is 256 g/mol. The van der Waals surface area contributed by atoms with E-state index in [4.69, 9.17) is 4.74 Å². The lowest BCUT2D eigenvalue weighted by molar-refractivity contribution is 0.0724. The molecule has 2 atom stereocenters. The lowest BCUT2D eigenvalue weighted by Gasteiger charge is -2.26. The molecule has 0 aromatic rings. The summed E-state index contributed by atoms with van der Waals surface area (Å²) in [7, 11) is 0. The van der Waals surface area contributed by atoms with Crippen LogP contribution in [-0.4, -0.2) is 61.0 Å². The molecule has 2 N–H and O–H groups in total. The van der Waals surface area contributed by atoms with E-state index in [0.717, 1.165) is 32.7 Å². The van der Waals surface area contributed by atoms with Crippen LogP contribution in [-0.2, 0) is 4.74 Å². The number of likely N-dealkylation sites (N-methyl/N-ethyl adjacent to an activating group) is 1. The van der Waals surface area contributed by atoms with Crippen LogP contribution in [0.5, 0.6) is 0 Å². The standard InChI is InChI=1S/C14H28N2O2/c1-2-16(10-14-4-3-9-18-14)8-7-13(11-17)15-12-5-6-12/h12-15,17H,2-11H2,1H3. The number of hydrogen-bond donors (Lipinski definition) is 2. The third kappa shape index (κ3) is 4.84. The van der Waals surface area contributed by atoms with E-state index in [-0.39, 0.29) is 12.6 Å². The average molecular weight is 256 g/mol. The van der Waals surface area contributed by atoms with Gasteiger partial charge in [0.2, 0.25) is 0 Å². The van der Waals surface area contributed by atoms with Gasteiger partial charge in [-0.25, -0.2) is 0 Å².